The molecule has 0 aliphatic rings. The molecule has 0 saturated carbocycles. The van der Waals surface area contributed by atoms with E-state index < -0.39 is 69.9 Å². The molecule has 3 atom stereocenters. The van der Waals surface area contributed by atoms with Gasteiger partial charge < -0.3 is 29.5 Å². The first kappa shape index (κ1) is 46.6. The summed E-state index contributed by atoms with van der Waals surface area (Å²) in [6, 6.07) is 8.47. The quantitative estimate of drug-likeness (QED) is 0.113. The number of carbonyl (C=O) groups excluding carboxylic acids is 3. The normalized spacial score (nSPS) is 13.7. The third kappa shape index (κ3) is 9.35. The average Bonchev–Trinajstić information content (AvgIpc) is 3.09. The molecular formula is C45H57N3O12. The molecule has 4 rings (SSSR count). The van der Waals surface area contributed by atoms with Gasteiger partial charge in [-0.1, -0.05) is 62.3 Å². The molecule has 0 saturated heterocycles. The summed E-state index contributed by atoms with van der Waals surface area (Å²) in [5, 5.41) is 32.1. The zero-order valence-corrected chi connectivity index (χ0v) is 37.1. The van der Waals surface area contributed by atoms with Gasteiger partial charge in [-0.3, -0.25) is 0 Å². The largest absolute Gasteiger partial charge is 0.507 e. The number of nitrogens with zero attached hydrogens (tertiary/aromatic N) is 3. The molecule has 0 bridgehead atoms. The maximum Gasteiger partial charge on any atom is 0.342 e. The van der Waals surface area contributed by atoms with Crippen LogP contribution in [0.15, 0.2) is 50.8 Å². The Hall–Kier alpha value is -6.12. The van der Waals surface area contributed by atoms with Crippen LogP contribution in [0.1, 0.15) is 166 Å². The van der Waals surface area contributed by atoms with E-state index in [1.807, 2.05) is 62.3 Å². The van der Waals surface area contributed by atoms with Gasteiger partial charge in [-0.2, -0.15) is 0 Å². The fourth-order valence-electron chi connectivity index (χ4n) is 6.76. The molecule has 15 heteroatoms. The second kappa shape index (κ2) is 16.5. The van der Waals surface area contributed by atoms with Crippen LogP contribution >= 0.6 is 0 Å². The van der Waals surface area contributed by atoms with Crippen molar-refractivity contribution in [1.82, 2.24) is 13.7 Å². The van der Waals surface area contributed by atoms with Gasteiger partial charge in [0.2, 0.25) is 0 Å². The first-order chi connectivity index (χ1) is 27.4. The van der Waals surface area contributed by atoms with E-state index in [-0.39, 0.29) is 33.9 Å². The lowest BCUT2D eigenvalue weighted by Crippen LogP contribution is -2.57. The molecule has 60 heavy (non-hydrogen) atoms. The van der Waals surface area contributed by atoms with E-state index in [0.29, 0.717) is 47.1 Å². The van der Waals surface area contributed by atoms with Gasteiger partial charge in [0.05, 0.1) is 16.7 Å². The Balaban J connectivity index is 1.87. The first-order valence-corrected chi connectivity index (χ1v) is 19.5. The molecule has 3 unspecified atom stereocenters. The molecule has 0 amide bonds. The van der Waals surface area contributed by atoms with E-state index >= 15 is 0 Å². The summed E-state index contributed by atoms with van der Waals surface area (Å²) in [7, 11) is 0. The third-order valence-corrected chi connectivity index (χ3v) is 10.2. The van der Waals surface area contributed by atoms with Crippen molar-refractivity contribution in [3.8, 4) is 17.2 Å². The monoisotopic (exact) mass is 831 g/mol. The van der Waals surface area contributed by atoms with Crippen molar-refractivity contribution in [3.05, 3.63) is 118 Å². The molecule has 15 nitrogen and oxygen atoms in total. The number of phenols is 3. The molecule has 0 aliphatic carbocycles. The number of phenolic OH excluding ortho intramolecular Hbond substituents is 3. The van der Waals surface area contributed by atoms with Gasteiger partial charge in [0.25, 0.3) is 0 Å². The van der Waals surface area contributed by atoms with Crippen molar-refractivity contribution in [2.45, 2.75) is 139 Å². The molecule has 0 spiro atoms. The molecule has 1 heterocycles. The van der Waals surface area contributed by atoms with Gasteiger partial charge in [-0.15, -0.1) is 0 Å². The van der Waals surface area contributed by atoms with Crippen LogP contribution in [0.3, 0.4) is 0 Å². The maximum absolute atomic E-state index is 14.3. The maximum atomic E-state index is 14.3. The number of hydrogen-bond acceptors (Lipinski definition) is 12. The number of rotatable bonds is 9. The minimum atomic E-state index is -1.70. The third-order valence-electron chi connectivity index (χ3n) is 10.2. The molecule has 1 aromatic heterocycles. The van der Waals surface area contributed by atoms with Crippen LogP contribution in [0, 0.1) is 20.8 Å². The van der Waals surface area contributed by atoms with Crippen molar-refractivity contribution < 1.29 is 43.9 Å². The van der Waals surface area contributed by atoms with Crippen LogP contribution in [-0.4, -0.2) is 46.9 Å². The van der Waals surface area contributed by atoms with Gasteiger partial charge >= 0.3 is 35.0 Å². The molecule has 0 aliphatic heterocycles. The molecule has 3 aromatic carbocycles. The van der Waals surface area contributed by atoms with Gasteiger partial charge in [-0.25, -0.2) is 42.5 Å². The summed E-state index contributed by atoms with van der Waals surface area (Å²) in [6.45, 7) is 25.0. The van der Waals surface area contributed by atoms with Gasteiger partial charge in [0.1, 0.15) is 17.2 Å². The predicted molar refractivity (Wildman–Crippen MR) is 224 cm³/mol. The van der Waals surface area contributed by atoms with E-state index in [2.05, 4.69) is 0 Å². The highest BCUT2D eigenvalue weighted by Gasteiger charge is 2.32. The standard InChI is InChI=1S/C45H57N3O12/c1-22-16-28(19-31(34(22)49)43(7,8)9)37(52)58-25(4)46-40(55)47(26(5)59-38(53)29-17-23(2)35(50)32(20-29)44(10,11)12)42(57)48(41(46)56)27(6)60-39(54)30-18-24(3)36(51)33(21-30)45(13,14)15/h16-21,25-27,49-51H,1-15H3. The summed E-state index contributed by atoms with van der Waals surface area (Å²) < 4.78 is 18.3. The second-order valence-electron chi connectivity index (χ2n) is 18.3. The number of aromatic nitrogens is 3. The lowest BCUT2D eigenvalue weighted by atomic mass is 9.84. The Morgan fingerprint density at radius 3 is 0.833 bits per heavy atom. The second-order valence-corrected chi connectivity index (χ2v) is 18.3. The van der Waals surface area contributed by atoms with Crippen molar-refractivity contribution >= 4 is 17.9 Å². The number of aryl methyl sites for hydroxylation is 3. The van der Waals surface area contributed by atoms with Crippen LogP contribution in [0.2, 0.25) is 0 Å². The van der Waals surface area contributed by atoms with Gasteiger partial charge in [-0.05, 0) is 111 Å². The Morgan fingerprint density at radius 1 is 0.450 bits per heavy atom. The zero-order chi connectivity index (χ0) is 45.7. The van der Waals surface area contributed by atoms with Gasteiger partial charge in [0.15, 0.2) is 18.7 Å². The van der Waals surface area contributed by atoms with E-state index in [0.717, 1.165) is 0 Å². The van der Waals surface area contributed by atoms with Crippen LogP contribution in [0.25, 0.3) is 0 Å². The molecule has 4 aromatic rings. The first-order valence-electron chi connectivity index (χ1n) is 19.5. The number of esters is 3. The number of ether oxygens (including phenoxy) is 3. The van der Waals surface area contributed by atoms with Crippen molar-refractivity contribution in [2.24, 2.45) is 0 Å². The summed E-state index contributed by atoms with van der Waals surface area (Å²) in [6.07, 6.45) is -5.09. The Bertz CT molecular complexity index is 2250. The zero-order valence-electron chi connectivity index (χ0n) is 37.1. The van der Waals surface area contributed by atoms with Crippen LogP contribution in [0.5, 0.6) is 17.2 Å². The molecule has 0 radical (unpaired) electrons. The molecule has 0 fully saturated rings. The number of aromatic hydroxyl groups is 3. The summed E-state index contributed by atoms with van der Waals surface area (Å²) >= 11 is 0. The van der Waals surface area contributed by atoms with E-state index in [1.54, 1.807) is 20.8 Å². The minimum absolute atomic E-state index is 0.00556. The van der Waals surface area contributed by atoms with Crippen LogP contribution < -0.4 is 17.1 Å². The Morgan fingerprint density at radius 2 is 0.650 bits per heavy atom. The highest BCUT2D eigenvalue weighted by Crippen LogP contribution is 2.37. The van der Waals surface area contributed by atoms with E-state index in [1.165, 1.54) is 57.2 Å². The number of hydrogen-bond donors (Lipinski definition) is 3. The fourth-order valence-corrected chi connectivity index (χ4v) is 6.76. The van der Waals surface area contributed by atoms with Crippen molar-refractivity contribution in [1.29, 1.82) is 0 Å². The molecule has 324 valence electrons. The summed E-state index contributed by atoms with van der Waals surface area (Å²) in [5.74, 6) is -2.96. The molecule has 3 N–H and O–H groups in total. The van der Waals surface area contributed by atoms with E-state index in [4.69, 9.17) is 14.2 Å². The highest BCUT2D eigenvalue weighted by atomic mass is 16.6. The topological polar surface area (TPSA) is 206 Å². The Kier molecular flexibility index (Phi) is 12.8. The van der Waals surface area contributed by atoms with Crippen LogP contribution in [-0.2, 0) is 30.5 Å². The lowest BCUT2D eigenvalue weighted by Gasteiger charge is -2.25. The van der Waals surface area contributed by atoms with Gasteiger partial charge in [0, 0.05) is 16.7 Å². The predicted octanol–water partition coefficient (Wildman–Crippen LogP) is 7.23. The number of benzene rings is 3. The fraction of sp³-hybridized carbons (Fsp3) is 0.467. The lowest BCUT2D eigenvalue weighted by molar-refractivity contribution is -0.00590. The Labute approximate surface area is 348 Å². The van der Waals surface area contributed by atoms with Crippen molar-refractivity contribution in [3.63, 3.8) is 0 Å². The highest BCUT2D eigenvalue weighted by molar-refractivity contribution is 5.91. The SMILES string of the molecule is Cc1cc(C(=O)OC(C)n2c(=O)n(C(C)OC(=O)c3cc(C)c(O)c(C(C)(C)C)c3)c(=O)n(C(C)OC(=O)c3cc(C)c(O)c(C(C)(C)C)c3)c2=O)cc(C(C)(C)C)c1O. The van der Waals surface area contributed by atoms with E-state index in [9.17, 15) is 44.1 Å². The molecular weight excluding hydrogens is 775 g/mol. The van der Waals surface area contributed by atoms with Crippen LogP contribution in [0.4, 0.5) is 0 Å². The van der Waals surface area contributed by atoms with Crippen molar-refractivity contribution in [2.75, 3.05) is 0 Å². The average molecular weight is 832 g/mol. The summed E-state index contributed by atoms with van der Waals surface area (Å²) in [4.78, 5) is 83.6. The summed E-state index contributed by atoms with van der Waals surface area (Å²) in [5.41, 5.74) is -3.25. The minimum Gasteiger partial charge on any atom is -0.507 e. The smallest absolute Gasteiger partial charge is 0.342 e. The number of carbonyl (C=O) groups is 3.